The average Bonchev–Trinajstić information content (AvgIpc) is 2.97. The van der Waals surface area contributed by atoms with Crippen LogP contribution in [-0.2, 0) is 16.7 Å². The lowest BCUT2D eigenvalue weighted by molar-refractivity contribution is 0.193. The van der Waals surface area contributed by atoms with Crippen LogP contribution >= 0.6 is 0 Å². The zero-order valence-electron chi connectivity index (χ0n) is 17.6. The van der Waals surface area contributed by atoms with Crippen LogP contribution in [0.3, 0.4) is 0 Å². The van der Waals surface area contributed by atoms with E-state index in [9.17, 15) is 12.8 Å². The molecule has 0 spiro atoms. The summed E-state index contributed by atoms with van der Waals surface area (Å²) in [7, 11) is -3.54. The van der Waals surface area contributed by atoms with E-state index in [1.165, 1.54) is 16.4 Å². The van der Waals surface area contributed by atoms with Crippen molar-refractivity contribution in [3.05, 3.63) is 41.5 Å². The van der Waals surface area contributed by atoms with Gasteiger partial charge in [0.15, 0.2) is 0 Å². The zero-order chi connectivity index (χ0) is 21.2. The normalized spacial score (nSPS) is 16.0. The Hall–Kier alpha value is -1.97. The van der Waals surface area contributed by atoms with Crippen LogP contribution in [0.2, 0.25) is 0 Å². The minimum Gasteiger partial charge on any atom is -0.369 e. The first-order valence-electron chi connectivity index (χ1n) is 10.0. The summed E-state index contributed by atoms with van der Waals surface area (Å²) in [6.45, 7) is 12.0. The standard InChI is InChI=1S/C20H30FN5O2S/c1-5-25(6-2)29(27,28)20-16(3)22-26(17(20)4)15-23-11-13-24(14-12-23)19-9-7-18(21)8-10-19/h7-10H,5-6,11-15H2,1-4H3. The summed E-state index contributed by atoms with van der Waals surface area (Å²) in [6, 6.07) is 6.57. The Morgan fingerprint density at radius 1 is 1.03 bits per heavy atom. The highest BCUT2D eigenvalue weighted by Gasteiger charge is 2.30. The fourth-order valence-electron chi connectivity index (χ4n) is 3.87. The van der Waals surface area contributed by atoms with Gasteiger partial charge >= 0.3 is 0 Å². The Labute approximate surface area is 172 Å². The van der Waals surface area contributed by atoms with Crippen LogP contribution in [0, 0.1) is 19.7 Å². The van der Waals surface area contributed by atoms with Gasteiger partial charge in [-0.15, -0.1) is 0 Å². The van der Waals surface area contributed by atoms with E-state index in [1.54, 1.807) is 23.7 Å². The number of anilines is 1. The van der Waals surface area contributed by atoms with E-state index in [2.05, 4.69) is 14.9 Å². The van der Waals surface area contributed by atoms with Gasteiger partial charge in [0.1, 0.15) is 10.7 Å². The van der Waals surface area contributed by atoms with Gasteiger partial charge < -0.3 is 4.90 Å². The van der Waals surface area contributed by atoms with Crippen molar-refractivity contribution in [1.29, 1.82) is 0 Å². The highest BCUT2D eigenvalue weighted by atomic mass is 32.2. The van der Waals surface area contributed by atoms with Gasteiger partial charge in [0.05, 0.1) is 18.1 Å². The van der Waals surface area contributed by atoms with E-state index in [0.717, 1.165) is 31.9 Å². The van der Waals surface area contributed by atoms with Crippen LogP contribution in [0.4, 0.5) is 10.1 Å². The number of hydrogen-bond acceptors (Lipinski definition) is 5. The van der Waals surface area contributed by atoms with Gasteiger partial charge in [-0.05, 0) is 38.1 Å². The molecule has 29 heavy (non-hydrogen) atoms. The first kappa shape index (κ1) is 21.7. The van der Waals surface area contributed by atoms with Crippen LogP contribution in [0.5, 0.6) is 0 Å². The van der Waals surface area contributed by atoms with Gasteiger partial charge in [-0.2, -0.15) is 9.40 Å². The van der Waals surface area contributed by atoms with E-state index in [0.29, 0.717) is 36.0 Å². The van der Waals surface area contributed by atoms with E-state index in [1.807, 2.05) is 20.8 Å². The lowest BCUT2D eigenvalue weighted by Gasteiger charge is -2.36. The maximum atomic E-state index is 13.1. The third-order valence-electron chi connectivity index (χ3n) is 5.52. The van der Waals surface area contributed by atoms with Crippen molar-refractivity contribution in [2.45, 2.75) is 39.3 Å². The molecule has 2 aromatic rings. The number of piperazine rings is 1. The number of halogens is 1. The Morgan fingerprint density at radius 3 is 2.17 bits per heavy atom. The summed E-state index contributed by atoms with van der Waals surface area (Å²) in [5.41, 5.74) is 2.24. The third kappa shape index (κ3) is 4.46. The van der Waals surface area contributed by atoms with Crippen molar-refractivity contribution >= 4 is 15.7 Å². The van der Waals surface area contributed by atoms with Gasteiger partial charge in [-0.25, -0.2) is 12.8 Å². The molecule has 1 aliphatic heterocycles. The molecule has 1 aliphatic rings. The van der Waals surface area contributed by atoms with Crippen molar-refractivity contribution < 1.29 is 12.8 Å². The fraction of sp³-hybridized carbons (Fsp3) is 0.550. The quantitative estimate of drug-likeness (QED) is 0.685. The van der Waals surface area contributed by atoms with Crippen LogP contribution in [0.1, 0.15) is 25.2 Å². The molecule has 9 heteroatoms. The fourth-order valence-corrected chi connectivity index (χ4v) is 5.70. The van der Waals surface area contributed by atoms with E-state index < -0.39 is 10.0 Å². The first-order chi connectivity index (χ1) is 13.8. The topological polar surface area (TPSA) is 61.7 Å². The van der Waals surface area contributed by atoms with Crippen molar-refractivity contribution in [2.75, 3.05) is 44.2 Å². The molecule has 0 saturated carbocycles. The van der Waals surface area contributed by atoms with Gasteiger partial charge in [-0.1, -0.05) is 13.8 Å². The number of benzene rings is 1. The van der Waals surface area contributed by atoms with E-state index >= 15 is 0 Å². The molecule has 0 unspecified atom stereocenters. The minimum atomic E-state index is -3.54. The Kier molecular flexibility index (Phi) is 6.60. The molecule has 0 radical (unpaired) electrons. The molecule has 3 rings (SSSR count). The maximum absolute atomic E-state index is 13.1. The molecule has 1 aromatic carbocycles. The highest BCUT2D eigenvalue weighted by Crippen LogP contribution is 2.24. The van der Waals surface area contributed by atoms with Gasteiger partial charge in [0.25, 0.3) is 0 Å². The molecule has 0 aliphatic carbocycles. The lowest BCUT2D eigenvalue weighted by Crippen LogP contribution is -2.47. The lowest BCUT2D eigenvalue weighted by atomic mass is 10.2. The van der Waals surface area contributed by atoms with Crippen molar-refractivity contribution in [3.63, 3.8) is 0 Å². The average molecular weight is 424 g/mol. The Balaban J connectivity index is 1.70. The van der Waals surface area contributed by atoms with Crippen molar-refractivity contribution in [2.24, 2.45) is 0 Å². The third-order valence-corrected chi connectivity index (χ3v) is 7.82. The van der Waals surface area contributed by atoms with Gasteiger partial charge in [0, 0.05) is 45.0 Å². The number of hydrogen-bond donors (Lipinski definition) is 0. The highest BCUT2D eigenvalue weighted by molar-refractivity contribution is 7.89. The molecular weight excluding hydrogens is 393 g/mol. The molecule has 0 atom stereocenters. The molecule has 2 heterocycles. The van der Waals surface area contributed by atoms with Crippen LogP contribution in [-0.4, -0.2) is 66.7 Å². The summed E-state index contributed by atoms with van der Waals surface area (Å²) in [5.74, 6) is -0.229. The maximum Gasteiger partial charge on any atom is 0.246 e. The van der Waals surface area contributed by atoms with E-state index in [4.69, 9.17) is 0 Å². The first-order valence-corrected chi connectivity index (χ1v) is 11.5. The monoisotopic (exact) mass is 423 g/mol. The summed E-state index contributed by atoms with van der Waals surface area (Å²) in [4.78, 5) is 4.81. The molecule has 0 amide bonds. The smallest absolute Gasteiger partial charge is 0.246 e. The second-order valence-corrected chi connectivity index (χ2v) is 9.19. The summed E-state index contributed by atoms with van der Waals surface area (Å²) in [6.07, 6.45) is 0. The molecule has 0 bridgehead atoms. The van der Waals surface area contributed by atoms with Gasteiger partial charge in [0.2, 0.25) is 10.0 Å². The van der Waals surface area contributed by atoms with Crippen molar-refractivity contribution in [3.8, 4) is 0 Å². The predicted octanol–water partition coefficient (Wildman–Crippen LogP) is 2.45. The number of aryl methyl sites for hydroxylation is 1. The number of nitrogens with zero attached hydrogens (tertiary/aromatic N) is 5. The largest absolute Gasteiger partial charge is 0.369 e. The summed E-state index contributed by atoms with van der Waals surface area (Å²) < 4.78 is 42.4. The minimum absolute atomic E-state index is 0.229. The predicted molar refractivity (Wildman–Crippen MR) is 112 cm³/mol. The Bertz CT molecular complexity index is 931. The second-order valence-electron chi connectivity index (χ2n) is 7.31. The Morgan fingerprint density at radius 2 is 1.62 bits per heavy atom. The number of aromatic nitrogens is 2. The molecule has 1 saturated heterocycles. The molecule has 160 valence electrons. The van der Waals surface area contributed by atoms with Crippen LogP contribution < -0.4 is 4.90 Å². The molecule has 7 nitrogen and oxygen atoms in total. The molecule has 0 N–H and O–H groups in total. The summed E-state index contributed by atoms with van der Waals surface area (Å²) in [5, 5.41) is 4.52. The van der Waals surface area contributed by atoms with Gasteiger partial charge in [-0.3, -0.25) is 9.58 Å². The second kappa shape index (κ2) is 8.81. The number of rotatable bonds is 7. The summed E-state index contributed by atoms with van der Waals surface area (Å²) >= 11 is 0. The molecule has 1 aromatic heterocycles. The zero-order valence-corrected chi connectivity index (χ0v) is 18.4. The van der Waals surface area contributed by atoms with Crippen molar-refractivity contribution in [1.82, 2.24) is 19.0 Å². The molecular formula is C20H30FN5O2S. The van der Waals surface area contributed by atoms with Crippen LogP contribution in [0.25, 0.3) is 0 Å². The van der Waals surface area contributed by atoms with Crippen LogP contribution in [0.15, 0.2) is 29.2 Å². The SMILES string of the molecule is CCN(CC)S(=O)(=O)c1c(C)nn(CN2CCN(c3ccc(F)cc3)CC2)c1C. The number of sulfonamides is 1. The van der Waals surface area contributed by atoms with E-state index in [-0.39, 0.29) is 5.82 Å². The molecule has 1 fully saturated rings.